The highest BCUT2D eigenvalue weighted by Crippen LogP contribution is 2.31. The number of unbranched alkanes of at least 4 members (excludes halogenated alkanes) is 3. The maximum atomic E-state index is 2.57. The van der Waals surface area contributed by atoms with Crippen molar-refractivity contribution in [2.75, 3.05) is 0 Å². The van der Waals surface area contributed by atoms with Gasteiger partial charge in [0, 0.05) is 0 Å². The van der Waals surface area contributed by atoms with Crippen LogP contribution in [0.1, 0.15) is 137 Å². The summed E-state index contributed by atoms with van der Waals surface area (Å²) < 4.78 is 0. The lowest BCUT2D eigenvalue weighted by Crippen LogP contribution is -2.14. The molecule has 0 aliphatic heterocycles. The predicted molar refractivity (Wildman–Crippen MR) is 115 cm³/mol. The van der Waals surface area contributed by atoms with Gasteiger partial charge in [0.15, 0.2) is 0 Å². The van der Waals surface area contributed by atoms with E-state index in [1.165, 1.54) is 109 Å². The summed E-state index contributed by atoms with van der Waals surface area (Å²) in [6.45, 7) is 9.88. The summed E-state index contributed by atoms with van der Waals surface area (Å²) >= 11 is 0. The van der Waals surface area contributed by atoms with Gasteiger partial charge in [-0.25, -0.2) is 0 Å². The topological polar surface area (TPSA) is 0 Å². The molecular formula is C25H50. The molecule has 1 saturated carbocycles. The van der Waals surface area contributed by atoms with Crippen LogP contribution in [0, 0.1) is 23.7 Å². The fourth-order valence-corrected chi connectivity index (χ4v) is 4.86. The van der Waals surface area contributed by atoms with Gasteiger partial charge < -0.3 is 0 Å². The molecule has 150 valence electrons. The monoisotopic (exact) mass is 350 g/mol. The SMILES string of the molecule is CCCCCCC(C)CCC(C)C1CCCCCCCC(C)CCC1. The van der Waals surface area contributed by atoms with Gasteiger partial charge in [0.05, 0.1) is 0 Å². The minimum absolute atomic E-state index is 0.950. The molecule has 0 aromatic carbocycles. The van der Waals surface area contributed by atoms with Crippen LogP contribution in [0.2, 0.25) is 0 Å². The van der Waals surface area contributed by atoms with Crippen LogP contribution in [0.3, 0.4) is 0 Å². The predicted octanol–water partition coefficient (Wildman–Crippen LogP) is 9.18. The van der Waals surface area contributed by atoms with E-state index in [1.54, 1.807) is 0 Å². The molecule has 1 aliphatic carbocycles. The van der Waals surface area contributed by atoms with Crippen LogP contribution < -0.4 is 0 Å². The molecule has 0 radical (unpaired) electrons. The van der Waals surface area contributed by atoms with E-state index in [4.69, 9.17) is 0 Å². The molecule has 0 saturated heterocycles. The molecule has 0 aromatic heterocycles. The summed E-state index contributed by atoms with van der Waals surface area (Å²) in [5.41, 5.74) is 0. The van der Waals surface area contributed by atoms with Crippen molar-refractivity contribution in [1.82, 2.24) is 0 Å². The van der Waals surface area contributed by atoms with Crippen molar-refractivity contribution >= 4 is 0 Å². The summed E-state index contributed by atoms with van der Waals surface area (Å²) in [5.74, 6) is 3.89. The number of hydrogen-bond donors (Lipinski definition) is 0. The molecule has 1 rings (SSSR count). The molecule has 0 aromatic rings. The van der Waals surface area contributed by atoms with Gasteiger partial charge >= 0.3 is 0 Å². The Morgan fingerprint density at radius 2 is 1.32 bits per heavy atom. The lowest BCUT2D eigenvalue weighted by molar-refractivity contribution is 0.254. The van der Waals surface area contributed by atoms with E-state index < -0.39 is 0 Å². The molecule has 0 nitrogen and oxygen atoms in total. The Hall–Kier alpha value is 0. The highest BCUT2D eigenvalue weighted by Gasteiger charge is 2.18. The van der Waals surface area contributed by atoms with Crippen LogP contribution in [-0.2, 0) is 0 Å². The maximum Gasteiger partial charge on any atom is -0.0388 e. The molecule has 1 fully saturated rings. The molecule has 1 aliphatic rings. The molecular weight excluding hydrogens is 300 g/mol. The van der Waals surface area contributed by atoms with E-state index in [9.17, 15) is 0 Å². The zero-order chi connectivity index (χ0) is 18.3. The van der Waals surface area contributed by atoms with Crippen molar-refractivity contribution in [2.24, 2.45) is 23.7 Å². The van der Waals surface area contributed by atoms with E-state index in [1.807, 2.05) is 0 Å². The van der Waals surface area contributed by atoms with Crippen molar-refractivity contribution in [3.63, 3.8) is 0 Å². The first-order valence-electron chi connectivity index (χ1n) is 12.1. The van der Waals surface area contributed by atoms with E-state index in [0.29, 0.717) is 0 Å². The highest BCUT2D eigenvalue weighted by atomic mass is 14.2. The van der Waals surface area contributed by atoms with Crippen molar-refractivity contribution in [1.29, 1.82) is 0 Å². The van der Waals surface area contributed by atoms with Crippen LogP contribution in [0.15, 0.2) is 0 Å². The minimum atomic E-state index is 0.950. The average Bonchev–Trinajstić information content (AvgIpc) is 2.59. The third-order valence-electron chi connectivity index (χ3n) is 7.01. The first-order chi connectivity index (χ1) is 12.1. The van der Waals surface area contributed by atoms with Gasteiger partial charge in [-0.15, -0.1) is 0 Å². The van der Waals surface area contributed by atoms with Gasteiger partial charge in [-0.3, -0.25) is 0 Å². The Balaban J connectivity index is 2.29. The Morgan fingerprint density at radius 3 is 2.08 bits per heavy atom. The second kappa shape index (κ2) is 15.1. The van der Waals surface area contributed by atoms with E-state index in [-0.39, 0.29) is 0 Å². The Labute approximate surface area is 160 Å². The zero-order valence-electron chi connectivity index (χ0n) is 18.3. The first-order valence-corrected chi connectivity index (χ1v) is 12.1. The van der Waals surface area contributed by atoms with Gasteiger partial charge in [-0.2, -0.15) is 0 Å². The van der Waals surface area contributed by atoms with Crippen molar-refractivity contribution in [3.05, 3.63) is 0 Å². The van der Waals surface area contributed by atoms with Gasteiger partial charge in [0.1, 0.15) is 0 Å². The average molecular weight is 351 g/mol. The molecule has 4 atom stereocenters. The fraction of sp³-hybridized carbons (Fsp3) is 1.00. The summed E-state index contributed by atoms with van der Waals surface area (Å²) in [5, 5.41) is 0. The van der Waals surface area contributed by atoms with Crippen LogP contribution in [-0.4, -0.2) is 0 Å². The second-order valence-electron chi connectivity index (χ2n) is 9.65. The largest absolute Gasteiger partial charge is 0.0654 e. The van der Waals surface area contributed by atoms with Gasteiger partial charge in [-0.1, -0.05) is 137 Å². The van der Waals surface area contributed by atoms with Crippen LogP contribution in [0.5, 0.6) is 0 Å². The Bertz CT molecular complexity index is 282. The van der Waals surface area contributed by atoms with Gasteiger partial charge in [0.25, 0.3) is 0 Å². The molecule has 0 heteroatoms. The van der Waals surface area contributed by atoms with Crippen LogP contribution in [0.25, 0.3) is 0 Å². The standard InChI is InChI=1S/C25H50/c1-5-6-7-11-16-23(3)20-21-24(4)25-18-13-10-8-9-12-15-22(2)17-14-19-25/h22-25H,5-21H2,1-4H3. The Kier molecular flexibility index (Phi) is 13.9. The molecule has 25 heavy (non-hydrogen) atoms. The molecule has 0 amide bonds. The van der Waals surface area contributed by atoms with Crippen LogP contribution >= 0.6 is 0 Å². The lowest BCUT2D eigenvalue weighted by Gasteiger charge is -2.26. The zero-order valence-corrected chi connectivity index (χ0v) is 18.3. The summed E-state index contributed by atoms with van der Waals surface area (Å²) in [6, 6.07) is 0. The maximum absolute atomic E-state index is 2.57. The minimum Gasteiger partial charge on any atom is -0.0654 e. The van der Waals surface area contributed by atoms with Gasteiger partial charge in [-0.05, 0) is 23.7 Å². The van der Waals surface area contributed by atoms with E-state index >= 15 is 0 Å². The second-order valence-corrected chi connectivity index (χ2v) is 9.65. The molecule has 0 spiro atoms. The normalized spacial score (nSPS) is 26.4. The van der Waals surface area contributed by atoms with Crippen molar-refractivity contribution in [3.8, 4) is 0 Å². The summed E-state index contributed by atoms with van der Waals surface area (Å²) in [4.78, 5) is 0. The van der Waals surface area contributed by atoms with E-state index in [2.05, 4.69) is 27.7 Å². The number of rotatable bonds is 9. The first kappa shape index (κ1) is 23.0. The molecule has 0 heterocycles. The quantitative estimate of drug-likeness (QED) is 0.363. The summed E-state index contributed by atoms with van der Waals surface area (Å²) in [6.07, 6.45) is 25.1. The van der Waals surface area contributed by atoms with Gasteiger partial charge in [0.2, 0.25) is 0 Å². The third-order valence-corrected chi connectivity index (χ3v) is 7.01. The van der Waals surface area contributed by atoms with E-state index in [0.717, 1.165) is 23.7 Å². The Morgan fingerprint density at radius 1 is 0.680 bits per heavy atom. The molecule has 0 bridgehead atoms. The number of hydrogen-bond acceptors (Lipinski definition) is 0. The van der Waals surface area contributed by atoms with Crippen molar-refractivity contribution in [2.45, 2.75) is 137 Å². The van der Waals surface area contributed by atoms with Crippen LogP contribution in [0.4, 0.5) is 0 Å². The third kappa shape index (κ3) is 12.1. The lowest BCUT2D eigenvalue weighted by atomic mass is 9.80. The highest BCUT2D eigenvalue weighted by molar-refractivity contribution is 4.70. The van der Waals surface area contributed by atoms with Crippen molar-refractivity contribution < 1.29 is 0 Å². The summed E-state index contributed by atoms with van der Waals surface area (Å²) in [7, 11) is 0. The smallest absolute Gasteiger partial charge is 0.0388 e. The fourth-order valence-electron chi connectivity index (χ4n) is 4.86. The molecule has 0 N–H and O–H groups in total. The molecule has 4 unspecified atom stereocenters.